The first-order chi connectivity index (χ1) is 14.0. The first-order valence-corrected chi connectivity index (χ1v) is 11.2. The van der Waals surface area contributed by atoms with Crippen molar-refractivity contribution < 1.29 is 8.42 Å². The molecular formula is C22H21N3O3S. The van der Waals surface area contributed by atoms with E-state index in [0.29, 0.717) is 30.8 Å². The van der Waals surface area contributed by atoms with E-state index in [0.717, 1.165) is 21.8 Å². The highest BCUT2D eigenvalue weighted by atomic mass is 32.2. The average molecular weight is 407 g/mol. The zero-order valence-corrected chi connectivity index (χ0v) is 16.6. The summed E-state index contributed by atoms with van der Waals surface area (Å²) < 4.78 is 29.6. The number of rotatable bonds is 3. The Balaban J connectivity index is 1.40. The van der Waals surface area contributed by atoms with Crippen molar-refractivity contribution in [3.63, 3.8) is 0 Å². The third-order valence-electron chi connectivity index (χ3n) is 5.77. The molecule has 1 aromatic heterocycles. The molecule has 1 saturated heterocycles. The lowest BCUT2D eigenvalue weighted by Crippen LogP contribution is -2.40. The van der Waals surface area contributed by atoms with Crippen LogP contribution in [0.4, 0.5) is 0 Å². The first-order valence-electron chi connectivity index (χ1n) is 9.72. The zero-order valence-electron chi connectivity index (χ0n) is 15.8. The monoisotopic (exact) mass is 407 g/mol. The summed E-state index contributed by atoms with van der Waals surface area (Å²) in [7, 11) is -3.56. The summed E-state index contributed by atoms with van der Waals surface area (Å²) in [4.78, 5) is 15.6. The molecule has 7 heteroatoms. The van der Waals surface area contributed by atoms with E-state index in [9.17, 15) is 13.2 Å². The highest BCUT2D eigenvalue weighted by Crippen LogP contribution is 2.29. The molecule has 0 spiro atoms. The van der Waals surface area contributed by atoms with Gasteiger partial charge in [0.25, 0.3) is 0 Å². The molecular weight excluding hydrogens is 386 g/mol. The van der Waals surface area contributed by atoms with Crippen molar-refractivity contribution in [2.75, 3.05) is 13.1 Å². The standard InChI is InChI=1S/C22H21N3O3S/c26-22-23-20-7-3-4-8-21(20)25(22)18-11-13-24(14-12-18)29(27,28)19-10-9-16-5-1-2-6-17(16)15-19/h1-10,15,18H,11-14H2,(H,23,26). The van der Waals surface area contributed by atoms with E-state index in [1.807, 2.05) is 54.6 Å². The van der Waals surface area contributed by atoms with Crippen LogP contribution in [0.2, 0.25) is 0 Å². The van der Waals surface area contributed by atoms with Crippen LogP contribution in [0.15, 0.2) is 76.4 Å². The number of sulfonamides is 1. The van der Waals surface area contributed by atoms with Crippen LogP contribution in [0.25, 0.3) is 21.8 Å². The maximum atomic E-state index is 13.2. The Morgan fingerprint density at radius 2 is 1.55 bits per heavy atom. The van der Waals surface area contributed by atoms with E-state index in [1.165, 1.54) is 4.31 Å². The van der Waals surface area contributed by atoms with E-state index in [-0.39, 0.29) is 11.7 Å². The van der Waals surface area contributed by atoms with E-state index >= 15 is 0 Å². The number of para-hydroxylation sites is 2. The van der Waals surface area contributed by atoms with E-state index in [1.54, 1.807) is 16.7 Å². The molecule has 6 nitrogen and oxygen atoms in total. The fraction of sp³-hybridized carbons (Fsp3) is 0.227. The summed E-state index contributed by atoms with van der Waals surface area (Å²) in [5, 5.41) is 1.93. The topological polar surface area (TPSA) is 75.2 Å². The predicted molar refractivity (Wildman–Crippen MR) is 114 cm³/mol. The second-order valence-corrected chi connectivity index (χ2v) is 9.40. The van der Waals surface area contributed by atoms with Crippen LogP contribution < -0.4 is 5.69 Å². The normalized spacial score (nSPS) is 16.6. The lowest BCUT2D eigenvalue weighted by atomic mass is 10.1. The smallest absolute Gasteiger partial charge is 0.306 e. The van der Waals surface area contributed by atoms with Crippen LogP contribution in [-0.4, -0.2) is 35.4 Å². The number of piperidine rings is 1. The Morgan fingerprint density at radius 1 is 0.862 bits per heavy atom. The molecule has 5 rings (SSSR count). The van der Waals surface area contributed by atoms with Crippen LogP contribution in [0, 0.1) is 0 Å². The molecule has 148 valence electrons. The summed E-state index contributed by atoms with van der Waals surface area (Å²) in [5.74, 6) is 0. The minimum absolute atomic E-state index is 0.0123. The molecule has 0 atom stereocenters. The molecule has 1 aliphatic heterocycles. The molecule has 1 fully saturated rings. The molecule has 3 aromatic carbocycles. The fourth-order valence-corrected chi connectivity index (χ4v) is 5.76. The number of hydrogen-bond acceptors (Lipinski definition) is 3. The Morgan fingerprint density at radius 3 is 2.34 bits per heavy atom. The lowest BCUT2D eigenvalue weighted by Gasteiger charge is -2.31. The molecule has 4 aromatic rings. The second kappa shape index (κ2) is 6.86. The van der Waals surface area contributed by atoms with Gasteiger partial charge in [0.05, 0.1) is 15.9 Å². The maximum absolute atomic E-state index is 13.2. The quantitative estimate of drug-likeness (QED) is 0.565. The number of fused-ring (bicyclic) bond motifs is 2. The summed E-state index contributed by atoms with van der Waals surface area (Å²) in [6, 6.07) is 20.6. The second-order valence-electron chi connectivity index (χ2n) is 7.46. The number of nitrogens with one attached hydrogen (secondary N) is 1. The van der Waals surface area contributed by atoms with Crippen molar-refractivity contribution in [2.45, 2.75) is 23.8 Å². The molecule has 0 aliphatic carbocycles. The Labute approximate surface area is 168 Å². The third-order valence-corrected chi connectivity index (χ3v) is 7.67. The summed E-state index contributed by atoms with van der Waals surface area (Å²) in [6.45, 7) is 0.789. The summed E-state index contributed by atoms with van der Waals surface area (Å²) in [5.41, 5.74) is 1.54. The molecule has 0 unspecified atom stereocenters. The van der Waals surface area contributed by atoms with Crippen LogP contribution in [0.1, 0.15) is 18.9 Å². The van der Waals surface area contributed by atoms with Crippen LogP contribution in [0.5, 0.6) is 0 Å². The zero-order chi connectivity index (χ0) is 20.0. The largest absolute Gasteiger partial charge is 0.326 e. The minimum atomic E-state index is -3.56. The van der Waals surface area contributed by atoms with Gasteiger partial charge in [-0.25, -0.2) is 13.2 Å². The molecule has 0 saturated carbocycles. The number of H-pyrrole nitrogens is 1. The van der Waals surface area contributed by atoms with Crippen molar-refractivity contribution >= 4 is 31.8 Å². The number of aromatic nitrogens is 2. The van der Waals surface area contributed by atoms with Crippen LogP contribution >= 0.6 is 0 Å². The average Bonchev–Trinajstić information content (AvgIpc) is 3.09. The predicted octanol–water partition coefficient (Wildman–Crippen LogP) is 3.51. The molecule has 1 aliphatic rings. The lowest BCUT2D eigenvalue weighted by molar-refractivity contribution is 0.274. The van der Waals surface area contributed by atoms with Crippen molar-refractivity contribution in [3.05, 3.63) is 77.2 Å². The van der Waals surface area contributed by atoms with Gasteiger partial charge in [-0.3, -0.25) is 4.57 Å². The molecule has 2 heterocycles. The maximum Gasteiger partial charge on any atom is 0.326 e. The van der Waals surface area contributed by atoms with Crippen LogP contribution in [-0.2, 0) is 10.0 Å². The van der Waals surface area contributed by atoms with E-state index in [4.69, 9.17) is 0 Å². The molecule has 29 heavy (non-hydrogen) atoms. The van der Waals surface area contributed by atoms with Gasteiger partial charge in [-0.1, -0.05) is 42.5 Å². The van der Waals surface area contributed by atoms with Gasteiger partial charge in [0, 0.05) is 19.1 Å². The fourth-order valence-electron chi connectivity index (χ4n) is 4.25. The molecule has 0 amide bonds. The van der Waals surface area contributed by atoms with Gasteiger partial charge in [0.2, 0.25) is 10.0 Å². The molecule has 0 radical (unpaired) electrons. The Hall–Kier alpha value is -2.90. The third kappa shape index (κ3) is 3.07. The number of aromatic amines is 1. The highest BCUT2D eigenvalue weighted by Gasteiger charge is 2.31. The van der Waals surface area contributed by atoms with Gasteiger partial charge < -0.3 is 4.98 Å². The van der Waals surface area contributed by atoms with Crippen molar-refractivity contribution in [1.29, 1.82) is 0 Å². The van der Waals surface area contributed by atoms with Crippen LogP contribution in [0.3, 0.4) is 0 Å². The van der Waals surface area contributed by atoms with Crippen molar-refractivity contribution in [2.24, 2.45) is 0 Å². The van der Waals surface area contributed by atoms with Crippen molar-refractivity contribution in [1.82, 2.24) is 13.9 Å². The SMILES string of the molecule is O=c1[nH]c2ccccc2n1C1CCN(S(=O)(=O)c2ccc3ccccc3c2)CC1. The Bertz CT molecular complexity index is 1360. The first kappa shape index (κ1) is 18.1. The number of benzene rings is 3. The molecule has 1 N–H and O–H groups in total. The highest BCUT2D eigenvalue weighted by molar-refractivity contribution is 7.89. The van der Waals surface area contributed by atoms with Crippen molar-refractivity contribution in [3.8, 4) is 0 Å². The van der Waals surface area contributed by atoms with E-state index in [2.05, 4.69) is 4.98 Å². The summed E-state index contributed by atoms with van der Waals surface area (Å²) in [6.07, 6.45) is 1.21. The van der Waals surface area contributed by atoms with Gasteiger partial charge in [-0.2, -0.15) is 4.31 Å². The van der Waals surface area contributed by atoms with E-state index < -0.39 is 10.0 Å². The number of imidazole rings is 1. The van der Waals surface area contributed by atoms with Gasteiger partial charge in [-0.15, -0.1) is 0 Å². The summed E-state index contributed by atoms with van der Waals surface area (Å²) >= 11 is 0. The molecule has 0 bridgehead atoms. The van der Waals surface area contributed by atoms with Gasteiger partial charge in [0.1, 0.15) is 0 Å². The van der Waals surface area contributed by atoms with Gasteiger partial charge in [0.15, 0.2) is 0 Å². The minimum Gasteiger partial charge on any atom is -0.306 e. The number of nitrogens with zero attached hydrogens (tertiary/aromatic N) is 2. The van der Waals surface area contributed by atoms with Gasteiger partial charge >= 0.3 is 5.69 Å². The number of hydrogen-bond donors (Lipinski definition) is 1. The Kier molecular flexibility index (Phi) is 4.29. The van der Waals surface area contributed by atoms with Gasteiger partial charge in [-0.05, 0) is 47.9 Å².